The number of rotatable bonds is 5. The highest BCUT2D eigenvalue weighted by atomic mass is 32.2. The van der Waals surface area contributed by atoms with Crippen molar-refractivity contribution in [1.29, 1.82) is 0 Å². The average molecular weight is 423 g/mol. The van der Waals surface area contributed by atoms with Crippen molar-refractivity contribution in [3.8, 4) is 22.5 Å². The van der Waals surface area contributed by atoms with Gasteiger partial charge in [-0.15, -0.1) is 0 Å². The fourth-order valence-electron chi connectivity index (χ4n) is 3.68. The van der Waals surface area contributed by atoms with Gasteiger partial charge in [0.2, 0.25) is 0 Å². The molecule has 1 saturated heterocycles. The van der Waals surface area contributed by atoms with E-state index in [-0.39, 0.29) is 18.5 Å². The molecule has 2 atom stereocenters. The van der Waals surface area contributed by atoms with Gasteiger partial charge in [0.1, 0.15) is 6.10 Å². The second-order valence-electron chi connectivity index (χ2n) is 8.30. The largest absolute Gasteiger partial charge is 0.461 e. The molecule has 30 heavy (non-hydrogen) atoms. The lowest BCUT2D eigenvalue weighted by molar-refractivity contribution is -0.165. The highest BCUT2D eigenvalue weighted by molar-refractivity contribution is 7.99. The molecular formula is C24H26N2O3S. The molecule has 1 fully saturated rings. The fraction of sp³-hybridized carbons (Fsp3) is 0.333. The van der Waals surface area contributed by atoms with E-state index in [1.54, 1.807) is 6.92 Å². The molecule has 0 bridgehead atoms. The predicted octanol–water partition coefficient (Wildman–Crippen LogP) is 4.91. The number of ether oxygens (including phenoxy) is 1. The monoisotopic (exact) mass is 422 g/mol. The maximum absolute atomic E-state index is 11.8. The number of carbonyl (C=O) groups is 1. The number of aromatic amines is 1. The van der Waals surface area contributed by atoms with E-state index in [1.807, 2.05) is 0 Å². The molecule has 6 heteroatoms. The molecule has 1 aliphatic rings. The molecule has 0 aliphatic carbocycles. The highest BCUT2D eigenvalue weighted by Gasteiger charge is 2.36. The lowest BCUT2D eigenvalue weighted by Gasteiger charge is -2.32. The quantitative estimate of drug-likeness (QED) is 0.451. The Morgan fingerprint density at radius 1 is 1.10 bits per heavy atom. The summed E-state index contributed by atoms with van der Waals surface area (Å²) in [5.41, 5.74) is 5.38. The predicted molar refractivity (Wildman–Crippen MR) is 119 cm³/mol. The summed E-state index contributed by atoms with van der Waals surface area (Å²) in [5, 5.41) is 11.0. The zero-order valence-corrected chi connectivity index (χ0v) is 18.3. The van der Waals surface area contributed by atoms with Crippen molar-refractivity contribution in [2.24, 2.45) is 0 Å². The third-order valence-corrected chi connectivity index (χ3v) is 6.25. The van der Waals surface area contributed by atoms with Crippen LogP contribution in [0, 0.1) is 13.8 Å². The van der Waals surface area contributed by atoms with Crippen LogP contribution in [0.15, 0.2) is 53.7 Å². The normalized spacial score (nSPS) is 21.5. The highest BCUT2D eigenvalue weighted by Crippen LogP contribution is 2.34. The first kappa shape index (κ1) is 20.7. The van der Waals surface area contributed by atoms with Gasteiger partial charge in [-0.25, -0.2) is 4.98 Å². The van der Waals surface area contributed by atoms with Gasteiger partial charge in [-0.05, 0) is 20.8 Å². The number of benzene rings is 2. The standard InChI is InChI=1S/C24H26N2O3S/c1-15-4-8-17(9-5-15)21-22(18-10-6-16(2)7-11-18)26-23(25-21)30-14-19-12-24(3,28)13-20(27)29-19/h4-11,19,28H,12-14H2,1-3H3,(H,25,26)/t19-,24-/m1/s1. The van der Waals surface area contributed by atoms with Crippen LogP contribution in [0.5, 0.6) is 0 Å². The molecule has 0 radical (unpaired) electrons. The molecule has 1 aliphatic heterocycles. The summed E-state index contributed by atoms with van der Waals surface area (Å²) in [7, 11) is 0. The number of aliphatic hydroxyl groups is 1. The number of aromatic nitrogens is 2. The van der Waals surface area contributed by atoms with Crippen molar-refractivity contribution < 1.29 is 14.6 Å². The topological polar surface area (TPSA) is 75.2 Å². The molecule has 0 amide bonds. The van der Waals surface area contributed by atoms with Gasteiger partial charge in [0, 0.05) is 23.3 Å². The van der Waals surface area contributed by atoms with Crippen LogP contribution in [-0.4, -0.2) is 38.5 Å². The third-order valence-electron chi connectivity index (χ3n) is 5.24. The summed E-state index contributed by atoms with van der Waals surface area (Å²) in [6.45, 7) is 5.82. The van der Waals surface area contributed by atoms with Crippen LogP contribution in [0.25, 0.3) is 22.5 Å². The fourth-order valence-corrected chi connectivity index (χ4v) is 4.54. The van der Waals surface area contributed by atoms with Gasteiger partial charge in [0.25, 0.3) is 0 Å². The Morgan fingerprint density at radius 3 is 2.30 bits per heavy atom. The number of hydrogen-bond donors (Lipinski definition) is 2. The van der Waals surface area contributed by atoms with Crippen molar-refractivity contribution in [2.45, 2.75) is 50.5 Å². The van der Waals surface area contributed by atoms with Crippen molar-refractivity contribution >= 4 is 17.7 Å². The Labute approximate surface area is 180 Å². The summed E-state index contributed by atoms with van der Waals surface area (Å²) < 4.78 is 5.41. The van der Waals surface area contributed by atoms with Gasteiger partial charge in [-0.2, -0.15) is 0 Å². The van der Waals surface area contributed by atoms with Gasteiger partial charge in [-0.3, -0.25) is 4.79 Å². The van der Waals surface area contributed by atoms with E-state index in [1.165, 1.54) is 22.9 Å². The van der Waals surface area contributed by atoms with Gasteiger partial charge in [0.15, 0.2) is 5.16 Å². The van der Waals surface area contributed by atoms with Crippen molar-refractivity contribution in [2.75, 3.05) is 5.75 Å². The van der Waals surface area contributed by atoms with Crippen LogP contribution in [0.2, 0.25) is 0 Å². The Hall–Kier alpha value is -2.57. The van der Waals surface area contributed by atoms with Gasteiger partial charge in [0.05, 0.1) is 23.4 Å². The van der Waals surface area contributed by atoms with Crippen molar-refractivity contribution in [3.63, 3.8) is 0 Å². The molecule has 5 nitrogen and oxygen atoms in total. The summed E-state index contributed by atoms with van der Waals surface area (Å²) >= 11 is 1.51. The molecule has 3 aromatic rings. The lowest BCUT2D eigenvalue weighted by Crippen LogP contribution is -2.41. The minimum atomic E-state index is -1.01. The van der Waals surface area contributed by atoms with Crippen LogP contribution >= 0.6 is 11.8 Å². The van der Waals surface area contributed by atoms with E-state index in [9.17, 15) is 9.90 Å². The number of cyclic esters (lactones) is 1. The Bertz CT molecular complexity index is 976. The first-order valence-electron chi connectivity index (χ1n) is 10.1. The van der Waals surface area contributed by atoms with E-state index >= 15 is 0 Å². The van der Waals surface area contributed by atoms with Crippen LogP contribution in [-0.2, 0) is 9.53 Å². The number of aryl methyl sites for hydroxylation is 2. The van der Waals surface area contributed by atoms with Gasteiger partial charge >= 0.3 is 5.97 Å². The maximum atomic E-state index is 11.8. The number of carbonyl (C=O) groups excluding carboxylic acids is 1. The van der Waals surface area contributed by atoms with Crippen LogP contribution in [0.1, 0.15) is 30.9 Å². The van der Waals surface area contributed by atoms with Crippen LogP contribution < -0.4 is 0 Å². The molecule has 2 heterocycles. The Kier molecular flexibility index (Phi) is 5.71. The number of H-pyrrole nitrogens is 1. The van der Waals surface area contributed by atoms with E-state index in [0.29, 0.717) is 12.2 Å². The number of thioether (sulfide) groups is 1. The van der Waals surface area contributed by atoms with Crippen LogP contribution in [0.4, 0.5) is 0 Å². The molecule has 2 aromatic carbocycles. The van der Waals surface area contributed by atoms with E-state index in [2.05, 4.69) is 67.4 Å². The number of nitrogens with one attached hydrogen (secondary N) is 1. The SMILES string of the molecule is Cc1ccc(-c2nc(SC[C@H]3C[C@@](C)(O)CC(=O)O3)[nH]c2-c2ccc(C)cc2)cc1. The third kappa shape index (κ3) is 4.77. The zero-order valence-electron chi connectivity index (χ0n) is 17.4. The van der Waals surface area contributed by atoms with E-state index < -0.39 is 5.60 Å². The number of nitrogens with zero attached hydrogens (tertiary/aromatic N) is 1. The van der Waals surface area contributed by atoms with Crippen LogP contribution in [0.3, 0.4) is 0 Å². The van der Waals surface area contributed by atoms with Crippen molar-refractivity contribution in [3.05, 3.63) is 59.7 Å². The van der Waals surface area contributed by atoms with E-state index in [0.717, 1.165) is 27.7 Å². The first-order chi connectivity index (χ1) is 14.3. The maximum Gasteiger partial charge on any atom is 0.309 e. The number of hydrogen-bond acceptors (Lipinski definition) is 5. The van der Waals surface area contributed by atoms with E-state index in [4.69, 9.17) is 9.72 Å². The average Bonchev–Trinajstić information content (AvgIpc) is 3.10. The second-order valence-corrected chi connectivity index (χ2v) is 9.31. The summed E-state index contributed by atoms with van der Waals surface area (Å²) in [6.07, 6.45) is 0.147. The molecule has 0 spiro atoms. The lowest BCUT2D eigenvalue weighted by atomic mass is 9.93. The summed E-state index contributed by atoms with van der Waals surface area (Å²) in [5.74, 6) is 0.188. The van der Waals surface area contributed by atoms with Gasteiger partial charge < -0.3 is 14.8 Å². The molecule has 1 aromatic heterocycles. The second kappa shape index (κ2) is 8.28. The smallest absolute Gasteiger partial charge is 0.309 e. The van der Waals surface area contributed by atoms with Crippen molar-refractivity contribution in [1.82, 2.24) is 9.97 Å². The molecule has 2 N–H and O–H groups in total. The molecular weight excluding hydrogens is 396 g/mol. The molecule has 0 unspecified atom stereocenters. The molecule has 0 saturated carbocycles. The number of esters is 1. The minimum Gasteiger partial charge on any atom is -0.461 e. The molecule has 4 rings (SSSR count). The minimum absolute atomic E-state index is 0.0457. The number of imidazole rings is 1. The summed E-state index contributed by atoms with van der Waals surface area (Å²) in [4.78, 5) is 20.1. The van der Waals surface area contributed by atoms with Gasteiger partial charge in [-0.1, -0.05) is 71.4 Å². The summed E-state index contributed by atoms with van der Waals surface area (Å²) in [6, 6.07) is 16.7. The first-order valence-corrected chi connectivity index (χ1v) is 11.1. The molecule has 156 valence electrons. The Balaban J connectivity index is 1.61. The zero-order chi connectivity index (χ0) is 21.3. The Morgan fingerprint density at radius 2 is 1.70 bits per heavy atom.